The Morgan fingerprint density at radius 3 is 2.59 bits per heavy atom. The minimum absolute atomic E-state index is 0.102. The number of hydrogen-bond donors (Lipinski definition) is 0. The van der Waals surface area contributed by atoms with Gasteiger partial charge in [-0.05, 0) is 32.3 Å². The molecule has 0 aromatic carbocycles. The lowest BCUT2D eigenvalue weighted by atomic mass is 9.76. The maximum absolute atomic E-state index is 13.2. The summed E-state index contributed by atoms with van der Waals surface area (Å²) in [6.45, 7) is 5.91. The van der Waals surface area contributed by atoms with Crippen LogP contribution in [0.1, 0.15) is 50.5 Å². The van der Waals surface area contributed by atoms with Crippen molar-refractivity contribution < 1.29 is 4.79 Å². The van der Waals surface area contributed by atoms with E-state index in [2.05, 4.69) is 37.9 Å². The maximum Gasteiger partial charge on any atom is 0.237 e. The van der Waals surface area contributed by atoms with Crippen LogP contribution in [0.3, 0.4) is 0 Å². The zero-order valence-corrected chi connectivity index (χ0v) is 15.9. The highest BCUT2D eigenvalue weighted by molar-refractivity contribution is 6.04. The topological polar surface area (TPSA) is 63.9 Å². The molecule has 0 spiro atoms. The van der Waals surface area contributed by atoms with E-state index in [1.165, 1.54) is 18.5 Å². The van der Waals surface area contributed by atoms with Crippen LogP contribution < -0.4 is 4.90 Å². The average molecular weight is 361 g/mol. The smallest absolute Gasteiger partial charge is 0.237 e. The first-order valence-corrected chi connectivity index (χ1v) is 9.54. The molecule has 5 rings (SSSR count). The Morgan fingerprint density at radius 2 is 1.89 bits per heavy atom. The van der Waals surface area contributed by atoms with E-state index in [1.807, 2.05) is 27.1 Å². The predicted molar refractivity (Wildman–Crippen MR) is 103 cm³/mol. The van der Waals surface area contributed by atoms with Gasteiger partial charge >= 0.3 is 0 Å². The highest BCUT2D eigenvalue weighted by Gasteiger charge is 2.51. The number of rotatable bonds is 3. The number of carbonyl (C=O) groups excluding carboxylic acids is 1. The summed E-state index contributed by atoms with van der Waals surface area (Å²) in [7, 11) is 0. The summed E-state index contributed by atoms with van der Waals surface area (Å²) in [5, 5.41) is 0. The first kappa shape index (κ1) is 16.4. The number of hydrogen-bond acceptors (Lipinski definition) is 4. The number of fused-ring (bicyclic) bond motifs is 1. The van der Waals surface area contributed by atoms with Gasteiger partial charge in [0.2, 0.25) is 5.91 Å². The van der Waals surface area contributed by atoms with Gasteiger partial charge in [-0.2, -0.15) is 0 Å². The normalized spacial score (nSPS) is 23.9. The fraction of sp³-hybridized carbons (Fsp3) is 0.429. The van der Waals surface area contributed by atoms with Gasteiger partial charge in [0.15, 0.2) is 0 Å². The molecule has 1 saturated heterocycles. The molecule has 3 aliphatic rings. The average Bonchev–Trinajstić information content (AvgIpc) is 3.35. The van der Waals surface area contributed by atoms with Crippen molar-refractivity contribution in [1.82, 2.24) is 19.5 Å². The second-order valence-corrected chi connectivity index (χ2v) is 8.32. The van der Waals surface area contributed by atoms with E-state index in [0.717, 1.165) is 23.5 Å². The van der Waals surface area contributed by atoms with Crippen molar-refractivity contribution in [2.45, 2.75) is 46.0 Å². The molecule has 6 heteroatoms. The number of anilines is 1. The lowest BCUT2D eigenvalue weighted by molar-refractivity contribution is -0.125. The molecule has 2 aromatic rings. The zero-order valence-electron chi connectivity index (χ0n) is 15.9. The third-order valence-corrected chi connectivity index (χ3v) is 6.02. The zero-order chi connectivity index (χ0) is 18.8. The van der Waals surface area contributed by atoms with Crippen LogP contribution in [0.25, 0.3) is 5.70 Å². The van der Waals surface area contributed by atoms with E-state index in [4.69, 9.17) is 0 Å². The van der Waals surface area contributed by atoms with Gasteiger partial charge in [-0.1, -0.05) is 19.9 Å². The van der Waals surface area contributed by atoms with Gasteiger partial charge in [0, 0.05) is 29.4 Å². The summed E-state index contributed by atoms with van der Waals surface area (Å²) in [6, 6.07) is 0. The Balaban J connectivity index is 1.55. The molecule has 1 aliphatic heterocycles. The van der Waals surface area contributed by atoms with Crippen molar-refractivity contribution in [3.63, 3.8) is 0 Å². The van der Waals surface area contributed by atoms with Gasteiger partial charge in [-0.25, -0.2) is 15.0 Å². The summed E-state index contributed by atoms with van der Waals surface area (Å²) in [4.78, 5) is 28.2. The molecule has 1 amide bonds. The molecule has 6 nitrogen and oxygen atoms in total. The molecule has 0 radical (unpaired) electrons. The van der Waals surface area contributed by atoms with E-state index in [0.29, 0.717) is 11.7 Å². The quantitative estimate of drug-likeness (QED) is 0.837. The van der Waals surface area contributed by atoms with Gasteiger partial charge in [-0.15, -0.1) is 0 Å². The molecular formula is C21H23N5O. The third-order valence-electron chi connectivity index (χ3n) is 6.02. The fourth-order valence-electron chi connectivity index (χ4n) is 4.13. The van der Waals surface area contributed by atoms with E-state index in [9.17, 15) is 4.79 Å². The van der Waals surface area contributed by atoms with Gasteiger partial charge < -0.3 is 4.57 Å². The molecule has 138 valence electrons. The number of amides is 1. The number of aromatic nitrogens is 4. The van der Waals surface area contributed by atoms with Crippen molar-refractivity contribution in [2.24, 2.45) is 11.3 Å². The van der Waals surface area contributed by atoms with Crippen LogP contribution in [-0.4, -0.2) is 25.4 Å². The molecule has 0 N–H and O–H groups in total. The molecule has 3 heterocycles. The van der Waals surface area contributed by atoms with Crippen LogP contribution in [-0.2, 0) is 4.79 Å². The molecule has 1 atom stereocenters. The Hall–Kier alpha value is -2.76. The number of aryl methyl sites for hydroxylation is 1. The summed E-state index contributed by atoms with van der Waals surface area (Å²) >= 11 is 0. The number of nitrogens with zero attached hydrogens (tertiary/aromatic N) is 5. The molecule has 2 aromatic heterocycles. The predicted octanol–water partition coefficient (Wildman–Crippen LogP) is 3.68. The Labute approximate surface area is 158 Å². The van der Waals surface area contributed by atoms with Crippen molar-refractivity contribution in [3.8, 4) is 0 Å². The molecule has 2 aliphatic carbocycles. The molecule has 1 saturated carbocycles. The van der Waals surface area contributed by atoms with Crippen LogP contribution in [0, 0.1) is 18.3 Å². The van der Waals surface area contributed by atoms with E-state index < -0.39 is 5.41 Å². The summed E-state index contributed by atoms with van der Waals surface area (Å²) in [5.74, 6) is 1.58. The van der Waals surface area contributed by atoms with E-state index in [-0.39, 0.29) is 11.8 Å². The highest BCUT2D eigenvalue weighted by Crippen LogP contribution is 2.50. The van der Waals surface area contributed by atoms with Crippen molar-refractivity contribution in [2.75, 3.05) is 4.90 Å². The summed E-state index contributed by atoms with van der Waals surface area (Å²) in [5.41, 5.74) is 3.55. The Bertz CT molecular complexity index is 978. The minimum atomic E-state index is -0.452. The highest BCUT2D eigenvalue weighted by atomic mass is 16.2. The van der Waals surface area contributed by atoms with Crippen LogP contribution >= 0.6 is 0 Å². The van der Waals surface area contributed by atoms with Crippen LogP contribution in [0.2, 0.25) is 0 Å². The van der Waals surface area contributed by atoms with Gasteiger partial charge in [0.05, 0.1) is 35.5 Å². The molecule has 1 unspecified atom stereocenters. The summed E-state index contributed by atoms with van der Waals surface area (Å²) in [6.07, 6.45) is 15.1. The second kappa shape index (κ2) is 5.62. The Morgan fingerprint density at radius 1 is 1.15 bits per heavy atom. The maximum atomic E-state index is 13.2. The standard InChI is InChI=1S/C21H23N5O/c1-13-22-9-16(10-23-13)26-19-8-15(6-7-17(19)21(2,3)20(26)27)25-11-18(24-12-25)14-4-5-14/h6,8-12,14,17H,4-5,7H2,1-3H3. The van der Waals surface area contributed by atoms with Crippen molar-refractivity contribution in [1.29, 1.82) is 0 Å². The lowest BCUT2D eigenvalue weighted by Gasteiger charge is -2.26. The monoisotopic (exact) mass is 361 g/mol. The van der Waals surface area contributed by atoms with Crippen molar-refractivity contribution >= 4 is 17.3 Å². The van der Waals surface area contributed by atoms with Crippen molar-refractivity contribution in [3.05, 3.63) is 54.3 Å². The first-order chi connectivity index (χ1) is 12.9. The number of carbonyl (C=O) groups is 1. The fourth-order valence-corrected chi connectivity index (χ4v) is 4.13. The van der Waals surface area contributed by atoms with Gasteiger partial charge in [0.25, 0.3) is 0 Å². The number of allylic oxidation sites excluding steroid dienone is 4. The molecule has 2 fully saturated rings. The number of imidazole rings is 1. The third kappa shape index (κ3) is 2.54. The van der Waals surface area contributed by atoms with Crippen LogP contribution in [0.5, 0.6) is 0 Å². The largest absolute Gasteiger partial charge is 0.306 e. The Kier molecular flexibility index (Phi) is 3.41. The van der Waals surface area contributed by atoms with Gasteiger partial charge in [-0.3, -0.25) is 9.69 Å². The van der Waals surface area contributed by atoms with Crippen LogP contribution in [0.15, 0.2) is 42.8 Å². The SMILES string of the molecule is Cc1ncc(N2C(=O)C(C)(C)C3CC=C(n4cnc(C5CC5)c4)C=C32)cn1. The molecule has 27 heavy (non-hydrogen) atoms. The van der Waals surface area contributed by atoms with Gasteiger partial charge in [0.1, 0.15) is 5.82 Å². The first-order valence-electron chi connectivity index (χ1n) is 9.54. The van der Waals surface area contributed by atoms with E-state index in [1.54, 1.807) is 17.3 Å². The van der Waals surface area contributed by atoms with E-state index >= 15 is 0 Å². The second-order valence-electron chi connectivity index (χ2n) is 8.32. The minimum Gasteiger partial charge on any atom is -0.306 e. The lowest BCUT2D eigenvalue weighted by Crippen LogP contribution is -2.31. The molecule has 0 bridgehead atoms. The summed E-state index contributed by atoms with van der Waals surface area (Å²) < 4.78 is 2.08. The van der Waals surface area contributed by atoms with Crippen LogP contribution in [0.4, 0.5) is 5.69 Å². The molecular weight excluding hydrogens is 338 g/mol.